The van der Waals surface area contributed by atoms with E-state index < -0.39 is 5.97 Å². The Morgan fingerprint density at radius 2 is 1.00 bits per heavy atom. The summed E-state index contributed by atoms with van der Waals surface area (Å²) in [4.78, 5) is 22.2. The first kappa shape index (κ1) is 28.1. The third-order valence-corrected chi connectivity index (χ3v) is 5.99. The van der Waals surface area contributed by atoms with Gasteiger partial charge in [0, 0.05) is 12.8 Å². The van der Waals surface area contributed by atoms with Gasteiger partial charge in [-0.25, -0.2) is 0 Å². The molecule has 0 radical (unpaired) electrons. The zero-order valence-electron chi connectivity index (χ0n) is 19.7. The zero-order chi connectivity index (χ0) is 21.6. The molecule has 0 spiro atoms. The molecule has 172 valence electrons. The molecule has 1 atom stereocenters. The lowest BCUT2D eigenvalue weighted by molar-refractivity contribution is -0.138. The number of aliphatic carboxylic acids is 1. The molecule has 0 heterocycles. The lowest BCUT2D eigenvalue weighted by Gasteiger charge is -2.10. The molecule has 0 aromatic carbocycles. The van der Waals surface area contributed by atoms with Gasteiger partial charge in [-0.05, 0) is 5.92 Å². The van der Waals surface area contributed by atoms with Gasteiger partial charge in [-0.2, -0.15) is 0 Å². The maximum absolute atomic E-state index is 11.7. The van der Waals surface area contributed by atoms with Gasteiger partial charge in [0.2, 0.25) is 0 Å². The molecule has 0 aromatic heterocycles. The largest absolute Gasteiger partial charge is 0.481 e. The number of Topliss-reactive ketones (excluding diaryl/α,β-unsaturated/α-hetero) is 1. The predicted molar refractivity (Wildman–Crippen MR) is 124 cm³/mol. The number of hydrogen-bond acceptors (Lipinski definition) is 2. The Kier molecular flexibility index (Phi) is 21.2. The predicted octanol–water partition coefficient (Wildman–Crippen LogP) is 8.49. The monoisotopic (exact) mass is 410 g/mol. The SMILES string of the molecule is CCCCCCCCCCCCCCCCCCC[C@@H](C)CC(=O)CCC(=O)O. The van der Waals surface area contributed by atoms with Gasteiger partial charge < -0.3 is 5.11 Å². The summed E-state index contributed by atoms with van der Waals surface area (Å²) in [6, 6.07) is 0. The first-order valence-corrected chi connectivity index (χ1v) is 12.8. The van der Waals surface area contributed by atoms with Crippen molar-refractivity contribution in [2.75, 3.05) is 0 Å². The van der Waals surface area contributed by atoms with Crippen LogP contribution in [0.15, 0.2) is 0 Å². The van der Waals surface area contributed by atoms with Crippen LogP contribution in [-0.4, -0.2) is 16.9 Å². The molecule has 0 fully saturated rings. The van der Waals surface area contributed by atoms with Crippen molar-refractivity contribution in [3.05, 3.63) is 0 Å². The van der Waals surface area contributed by atoms with E-state index in [2.05, 4.69) is 13.8 Å². The number of rotatable bonds is 23. The van der Waals surface area contributed by atoms with Crippen molar-refractivity contribution in [2.45, 2.75) is 149 Å². The van der Waals surface area contributed by atoms with Gasteiger partial charge in [0.1, 0.15) is 5.78 Å². The van der Waals surface area contributed by atoms with Gasteiger partial charge in [-0.15, -0.1) is 0 Å². The second-order valence-electron chi connectivity index (χ2n) is 9.19. The van der Waals surface area contributed by atoms with Gasteiger partial charge in [-0.1, -0.05) is 129 Å². The Morgan fingerprint density at radius 3 is 1.38 bits per heavy atom. The lowest BCUT2D eigenvalue weighted by atomic mass is 9.95. The van der Waals surface area contributed by atoms with Gasteiger partial charge in [0.05, 0.1) is 6.42 Å². The summed E-state index contributed by atoms with van der Waals surface area (Å²) in [6.07, 6.45) is 25.4. The number of unbranched alkanes of at least 4 members (excludes halogenated alkanes) is 16. The fourth-order valence-corrected chi connectivity index (χ4v) is 4.06. The van der Waals surface area contributed by atoms with Gasteiger partial charge in [-0.3, -0.25) is 9.59 Å². The summed E-state index contributed by atoms with van der Waals surface area (Å²) in [5, 5.41) is 8.61. The normalized spacial score (nSPS) is 12.2. The van der Waals surface area contributed by atoms with Crippen LogP contribution in [0.4, 0.5) is 0 Å². The number of carbonyl (C=O) groups excluding carboxylic acids is 1. The molecule has 0 aromatic rings. The fraction of sp³-hybridized carbons (Fsp3) is 0.923. The van der Waals surface area contributed by atoms with Crippen LogP contribution in [0.1, 0.15) is 149 Å². The Hall–Kier alpha value is -0.860. The highest BCUT2D eigenvalue weighted by Crippen LogP contribution is 2.17. The van der Waals surface area contributed by atoms with E-state index in [1.54, 1.807) is 0 Å². The van der Waals surface area contributed by atoms with Crippen LogP contribution >= 0.6 is 0 Å². The average Bonchev–Trinajstić information content (AvgIpc) is 2.68. The van der Waals surface area contributed by atoms with Crippen LogP contribution in [0, 0.1) is 5.92 Å². The minimum absolute atomic E-state index is 0.0231. The van der Waals surface area contributed by atoms with Gasteiger partial charge >= 0.3 is 5.97 Å². The third kappa shape index (κ3) is 23.3. The molecule has 3 nitrogen and oxygen atoms in total. The van der Waals surface area contributed by atoms with Crippen LogP contribution in [0.5, 0.6) is 0 Å². The fourth-order valence-electron chi connectivity index (χ4n) is 4.06. The maximum Gasteiger partial charge on any atom is 0.303 e. The molecule has 29 heavy (non-hydrogen) atoms. The summed E-state index contributed by atoms with van der Waals surface area (Å²) in [5.41, 5.74) is 0. The van der Waals surface area contributed by atoms with Crippen LogP contribution in [0.25, 0.3) is 0 Å². The Bertz CT molecular complexity index is 378. The highest BCUT2D eigenvalue weighted by molar-refractivity contribution is 5.82. The third-order valence-electron chi connectivity index (χ3n) is 5.99. The van der Waals surface area contributed by atoms with Crippen molar-refractivity contribution in [1.82, 2.24) is 0 Å². The highest BCUT2D eigenvalue weighted by Gasteiger charge is 2.10. The first-order chi connectivity index (χ1) is 14.1. The summed E-state index contributed by atoms with van der Waals surface area (Å²) in [5.74, 6) is -0.376. The molecule has 3 heteroatoms. The summed E-state index contributed by atoms with van der Waals surface area (Å²) >= 11 is 0. The Morgan fingerprint density at radius 1 is 0.621 bits per heavy atom. The van der Waals surface area contributed by atoms with E-state index in [0.717, 1.165) is 6.42 Å². The smallest absolute Gasteiger partial charge is 0.303 e. The van der Waals surface area contributed by atoms with Crippen molar-refractivity contribution >= 4 is 11.8 Å². The maximum atomic E-state index is 11.7. The molecule has 0 aliphatic carbocycles. The molecule has 0 amide bonds. The summed E-state index contributed by atoms with van der Waals surface area (Å²) in [7, 11) is 0. The van der Waals surface area contributed by atoms with Crippen molar-refractivity contribution in [3.8, 4) is 0 Å². The minimum atomic E-state index is -0.876. The molecule has 0 aliphatic rings. The average molecular weight is 411 g/mol. The van der Waals surface area contributed by atoms with E-state index in [9.17, 15) is 9.59 Å². The van der Waals surface area contributed by atoms with Gasteiger partial charge in [0.25, 0.3) is 0 Å². The molecule has 0 unspecified atom stereocenters. The summed E-state index contributed by atoms with van der Waals surface area (Å²) in [6.45, 7) is 4.40. The summed E-state index contributed by atoms with van der Waals surface area (Å²) < 4.78 is 0. The Labute approximate surface area is 181 Å². The quantitative estimate of drug-likeness (QED) is 0.172. The number of ketones is 1. The van der Waals surface area contributed by atoms with E-state index in [0.29, 0.717) is 12.3 Å². The van der Waals surface area contributed by atoms with E-state index in [-0.39, 0.29) is 18.6 Å². The number of carbonyl (C=O) groups is 2. The van der Waals surface area contributed by atoms with Gasteiger partial charge in [0.15, 0.2) is 0 Å². The van der Waals surface area contributed by atoms with Crippen LogP contribution in [0.2, 0.25) is 0 Å². The van der Waals surface area contributed by atoms with Crippen LogP contribution < -0.4 is 0 Å². The lowest BCUT2D eigenvalue weighted by Crippen LogP contribution is -2.08. The molecule has 0 saturated heterocycles. The second-order valence-corrected chi connectivity index (χ2v) is 9.19. The highest BCUT2D eigenvalue weighted by atomic mass is 16.4. The second kappa shape index (κ2) is 21.8. The van der Waals surface area contributed by atoms with Crippen molar-refractivity contribution in [2.24, 2.45) is 5.92 Å². The molecule has 0 aliphatic heterocycles. The van der Waals surface area contributed by atoms with Crippen molar-refractivity contribution < 1.29 is 14.7 Å². The number of carboxylic acid groups (broad SMARTS) is 1. The first-order valence-electron chi connectivity index (χ1n) is 12.8. The Balaban J connectivity index is 3.21. The number of hydrogen-bond donors (Lipinski definition) is 1. The molecule has 0 rings (SSSR count). The van der Waals surface area contributed by atoms with Crippen LogP contribution in [0.3, 0.4) is 0 Å². The zero-order valence-corrected chi connectivity index (χ0v) is 19.7. The van der Waals surface area contributed by atoms with Crippen molar-refractivity contribution in [3.63, 3.8) is 0 Å². The molecular weight excluding hydrogens is 360 g/mol. The van der Waals surface area contributed by atoms with Crippen LogP contribution in [-0.2, 0) is 9.59 Å². The topological polar surface area (TPSA) is 54.4 Å². The molecule has 0 saturated carbocycles. The minimum Gasteiger partial charge on any atom is -0.481 e. The van der Waals surface area contributed by atoms with E-state index in [1.807, 2.05) is 0 Å². The van der Waals surface area contributed by atoms with E-state index in [4.69, 9.17) is 5.11 Å². The number of carboxylic acids is 1. The molecule has 1 N–H and O–H groups in total. The van der Waals surface area contributed by atoms with E-state index in [1.165, 1.54) is 109 Å². The standard InChI is InChI=1S/C26H50O3/c1-3-4-5-6-7-8-9-10-11-12-13-14-15-16-17-18-19-20-24(2)23-25(27)21-22-26(28)29/h24H,3-23H2,1-2H3,(H,28,29)/t24-/m1/s1. The molecular formula is C26H50O3. The van der Waals surface area contributed by atoms with E-state index >= 15 is 0 Å². The molecule has 0 bridgehead atoms. The van der Waals surface area contributed by atoms with Crippen molar-refractivity contribution in [1.29, 1.82) is 0 Å².